The molecule has 1 N–H and O–H groups in total. The minimum absolute atomic E-state index is 0.00810. The number of aryl methyl sites for hydroxylation is 2. The molecule has 0 fully saturated rings. The molecule has 2 heterocycles. The van der Waals surface area contributed by atoms with Crippen LogP contribution in [0, 0.1) is 6.92 Å². The van der Waals surface area contributed by atoms with Crippen molar-refractivity contribution in [2.45, 2.75) is 32.9 Å². The third kappa shape index (κ3) is 3.61. The average molecular weight is 259 g/mol. The average Bonchev–Trinajstić information content (AvgIpc) is 2.90. The number of nitrogens with zero attached hydrogens (tertiary/aromatic N) is 4. The fourth-order valence-corrected chi connectivity index (χ4v) is 1.90. The summed E-state index contributed by atoms with van der Waals surface area (Å²) in [6.07, 6.45) is 5.33. The minimum Gasteiger partial charge on any atom is -0.348 e. The molecule has 0 saturated carbocycles. The van der Waals surface area contributed by atoms with Gasteiger partial charge in [-0.25, -0.2) is 0 Å². The zero-order valence-corrected chi connectivity index (χ0v) is 11.1. The molecule has 1 atom stereocenters. The number of nitrogens with one attached hydrogen (secondary N) is 1. The third-order valence-corrected chi connectivity index (χ3v) is 2.90. The van der Waals surface area contributed by atoms with Gasteiger partial charge in [-0.2, -0.15) is 0 Å². The molecule has 6 heteroatoms. The Labute approximate surface area is 111 Å². The molecule has 0 aromatic carbocycles. The van der Waals surface area contributed by atoms with Crippen LogP contribution in [0.3, 0.4) is 0 Å². The molecule has 2 aromatic heterocycles. The van der Waals surface area contributed by atoms with Crippen LogP contribution >= 0.6 is 0 Å². The van der Waals surface area contributed by atoms with Gasteiger partial charge in [0.25, 0.3) is 0 Å². The number of carbonyl (C=O) groups is 1. The van der Waals surface area contributed by atoms with E-state index in [1.54, 1.807) is 23.4 Å². The van der Waals surface area contributed by atoms with E-state index in [1.807, 2.05) is 26.0 Å². The van der Waals surface area contributed by atoms with E-state index in [4.69, 9.17) is 0 Å². The number of pyridine rings is 1. The van der Waals surface area contributed by atoms with Gasteiger partial charge < -0.3 is 9.88 Å². The summed E-state index contributed by atoms with van der Waals surface area (Å²) in [6, 6.07) is 3.79. The van der Waals surface area contributed by atoms with E-state index in [1.165, 1.54) is 0 Å². The maximum absolute atomic E-state index is 11.8. The van der Waals surface area contributed by atoms with E-state index in [0.717, 1.165) is 11.3 Å². The van der Waals surface area contributed by atoms with Gasteiger partial charge in [-0.15, -0.1) is 10.2 Å². The number of carbonyl (C=O) groups excluding carboxylic acids is 1. The van der Waals surface area contributed by atoms with E-state index in [0.29, 0.717) is 13.0 Å². The molecule has 1 amide bonds. The summed E-state index contributed by atoms with van der Waals surface area (Å²) in [6.45, 7) is 4.50. The summed E-state index contributed by atoms with van der Waals surface area (Å²) >= 11 is 0. The van der Waals surface area contributed by atoms with Crippen molar-refractivity contribution >= 4 is 5.91 Å². The molecule has 0 aliphatic rings. The first-order valence-electron chi connectivity index (χ1n) is 6.20. The SMILES string of the molecule is Cc1cccnc1[C@@H](C)NC(=O)CCn1cnnc1. The maximum atomic E-state index is 11.8. The Morgan fingerprint density at radius 2 is 2.16 bits per heavy atom. The van der Waals surface area contributed by atoms with Crippen LogP contribution in [0.4, 0.5) is 0 Å². The smallest absolute Gasteiger partial charge is 0.222 e. The van der Waals surface area contributed by atoms with Crippen molar-refractivity contribution in [2.24, 2.45) is 0 Å². The predicted molar refractivity (Wildman–Crippen MR) is 70.2 cm³/mol. The van der Waals surface area contributed by atoms with Gasteiger partial charge in [-0.3, -0.25) is 9.78 Å². The van der Waals surface area contributed by atoms with Crippen molar-refractivity contribution in [3.8, 4) is 0 Å². The van der Waals surface area contributed by atoms with Crippen molar-refractivity contribution in [1.29, 1.82) is 0 Å². The lowest BCUT2D eigenvalue weighted by Gasteiger charge is -2.15. The number of aromatic nitrogens is 4. The summed E-state index contributed by atoms with van der Waals surface area (Å²) in [5, 5.41) is 10.3. The van der Waals surface area contributed by atoms with Crippen LogP contribution in [0.15, 0.2) is 31.0 Å². The standard InChI is InChI=1S/C13H17N5O/c1-10-4-3-6-14-13(10)11(2)17-12(19)5-7-18-8-15-16-9-18/h3-4,6,8-9,11H,5,7H2,1-2H3,(H,17,19)/t11-/m1/s1. The highest BCUT2D eigenvalue weighted by Crippen LogP contribution is 2.13. The second-order valence-electron chi connectivity index (χ2n) is 4.44. The Hall–Kier alpha value is -2.24. The molecule has 0 bridgehead atoms. The van der Waals surface area contributed by atoms with Crippen LogP contribution in [-0.4, -0.2) is 25.7 Å². The molecule has 2 aromatic rings. The van der Waals surface area contributed by atoms with Gasteiger partial charge in [0.2, 0.25) is 5.91 Å². The first kappa shape index (κ1) is 13.2. The van der Waals surface area contributed by atoms with E-state index >= 15 is 0 Å². The maximum Gasteiger partial charge on any atom is 0.222 e. The van der Waals surface area contributed by atoms with E-state index < -0.39 is 0 Å². The number of hydrogen-bond donors (Lipinski definition) is 1. The molecule has 0 aliphatic carbocycles. The van der Waals surface area contributed by atoms with Crippen molar-refractivity contribution in [1.82, 2.24) is 25.1 Å². The molecular formula is C13H17N5O. The number of rotatable bonds is 5. The van der Waals surface area contributed by atoms with Crippen molar-refractivity contribution in [3.63, 3.8) is 0 Å². The molecule has 100 valence electrons. The zero-order valence-electron chi connectivity index (χ0n) is 11.1. The van der Waals surface area contributed by atoms with Gasteiger partial charge in [0.15, 0.2) is 0 Å². The van der Waals surface area contributed by atoms with Crippen LogP contribution in [0.2, 0.25) is 0 Å². The lowest BCUT2D eigenvalue weighted by atomic mass is 10.1. The Morgan fingerprint density at radius 1 is 1.42 bits per heavy atom. The van der Waals surface area contributed by atoms with Crippen LogP contribution in [0.5, 0.6) is 0 Å². The Kier molecular flexibility index (Phi) is 4.22. The van der Waals surface area contributed by atoms with Crippen LogP contribution in [0.1, 0.15) is 30.6 Å². The first-order chi connectivity index (χ1) is 9.16. The molecule has 19 heavy (non-hydrogen) atoms. The van der Waals surface area contributed by atoms with Crippen LogP contribution < -0.4 is 5.32 Å². The largest absolute Gasteiger partial charge is 0.348 e. The second kappa shape index (κ2) is 6.08. The highest BCUT2D eigenvalue weighted by Gasteiger charge is 2.12. The fraction of sp³-hybridized carbons (Fsp3) is 0.385. The van der Waals surface area contributed by atoms with Crippen molar-refractivity contribution in [3.05, 3.63) is 42.2 Å². The summed E-state index contributed by atoms with van der Waals surface area (Å²) in [5.41, 5.74) is 1.98. The second-order valence-corrected chi connectivity index (χ2v) is 4.44. The Morgan fingerprint density at radius 3 is 2.84 bits per heavy atom. The van der Waals surface area contributed by atoms with Gasteiger partial charge in [-0.1, -0.05) is 6.07 Å². The monoisotopic (exact) mass is 259 g/mol. The van der Waals surface area contributed by atoms with Crippen molar-refractivity contribution < 1.29 is 4.79 Å². The van der Waals surface area contributed by atoms with Crippen LogP contribution in [-0.2, 0) is 11.3 Å². The lowest BCUT2D eigenvalue weighted by Crippen LogP contribution is -2.28. The number of amides is 1. The summed E-state index contributed by atoms with van der Waals surface area (Å²) in [5.74, 6) is -0.00810. The molecule has 0 aliphatic heterocycles. The van der Waals surface area contributed by atoms with E-state index in [2.05, 4.69) is 20.5 Å². The van der Waals surface area contributed by atoms with Gasteiger partial charge in [0.05, 0.1) is 11.7 Å². The Bertz CT molecular complexity index is 538. The highest BCUT2D eigenvalue weighted by molar-refractivity contribution is 5.76. The Balaban J connectivity index is 1.87. The van der Waals surface area contributed by atoms with Gasteiger partial charge in [0, 0.05) is 19.2 Å². The summed E-state index contributed by atoms with van der Waals surface area (Å²) in [4.78, 5) is 16.1. The highest BCUT2D eigenvalue weighted by atomic mass is 16.1. The quantitative estimate of drug-likeness (QED) is 0.877. The van der Waals surface area contributed by atoms with Gasteiger partial charge in [-0.05, 0) is 25.5 Å². The van der Waals surface area contributed by atoms with Crippen LogP contribution in [0.25, 0.3) is 0 Å². The number of hydrogen-bond acceptors (Lipinski definition) is 4. The first-order valence-corrected chi connectivity index (χ1v) is 6.20. The molecule has 0 saturated heterocycles. The molecule has 2 rings (SSSR count). The molecule has 0 radical (unpaired) electrons. The molecule has 6 nitrogen and oxygen atoms in total. The topological polar surface area (TPSA) is 72.7 Å². The molecule has 0 spiro atoms. The third-order valence-electron chi connectivity index (χ3n) is 2.90. The zero-order chi connectivity index (χ0) is 13.7. The fourth-order valence-electron chi connectivity index (χ4n) is 1.90. The summed E-state index contributed by atoms with van der Waals surface area (Å²) < 4.78 is 1.77. The van der Waals surface area contributed by atoms with Gasteiger partial charge >= 0.3 is 0 Å². The van der Waals surface area contributed by atoms with E-state index in [9.17, 15) is 4.79 Å². The predicted octanol–water partition coefficient (Wildman–Crippen LogP) is 1.25. The van der Waals surface area contributed by atoms with Gasteiger partial charge in [0.1, 0.15) is 12.7 Å². The van der Waals surface area contributed by atoms with E-state index in [-0.39, 0.29) is 11.9 Å². The summed E-state index contributed by atoms with van der Waals surface area (Å²) in [7, 11) is 0. The lowest BCUT2D eigenvalue weighted by molar-refractivity contribution is -0.122. The molecule has 0 unspecified atom stereocenters. The normalized spacial score (nSPS) is 12.1. The van der Waals surface area contributed by atoms with Crippen molar-refractivity contribution in [2.75, 3.05) is 0 Å². The minimum atomic E-state index is -0.0883. The molecular weight excluding hydrogens is 242 g/mol.